The fourth-order valence-corrected chi connectivity index (χ4v) is 4.37. The van der Waals surface area contributed by atoms with Gasteiger partial charge in [0.2, 0.25) is 5.91 Å². The average molecular weight is 480 g/mol. The molecule has 3 heterocycles. The number of aromatic amines is 1. The zero-order chi connectivity index (χ0) is 23.7. The number of anilines is 1. The Morgan fingerprint density at radius 2 is 1.88 bits per heavy atom. The molecule has 0 radical (unpaired) electrons. The first-order chi connectivity index (χ1) is 16.5. The van der Waals surface area contributed by atoms with Gasteiger partial charge in [-0.25, -0.2) is 9.37 Å². The van der Waals surface area contributed by atoms with Gasteiger partial charge in [-0.2, -0.15) is 5.10 Å². The van der Waals surface area contributed by atoms with E-state index in [1.807, 2.05) is 24.0 Å². The fraction of sp³-hybridized carbons (Fsp3) is 0.240. The van der Waals surface area contributed by atoms with Crippen LogP contribution in [-0.2, 0) is 4.79 Å². The molecule has 2 aromatic carbocycles. The quantitative estimate of drug-likeness (QED) is 0.436. The average Bonchev–Trinajstić information content (AvgIpc) is 3.33. The molecule has 5 rings (SSSR count). The van der Waals surface area contributed by atoms with E-state index in [0.29, 0.717) is 48.3 Å². The Morgan fingerprint density at radius 1 is 1.12 bits per heavy atom. The molecule has 1 amide bonds. The van der Waals surface area contributed by atoms with Crippen LogP contribution in [0.3, 0.4) is 0 Å². The third kappa shape index (κ3) is 4.41. The highest BCUT2D eigenvalue weighted by molar-refractivity contribution is 6.30. The van der Waals surface area contributed by atoms with Crippen LogP contribution in [0.1, 0.15) is 18.4 Å². The summed E-state index contributed by atoms with van der Waals surface area (Å²) < 4.78 is 19.7. The van der Waals surface area contributed by atoms with Crippen LogP contribution >= 0.6 is 11.6 Å². The van der Waals surface area contributed by atoms with E-state index >= 15 is 0 Å². The summed E-state index contributed by atoms with van der Waals surface area (Å²) >= 11 is 5.98. The maximum Gasteiger partial charge on any atom is 0.229 e. The van der Waals surface area contributed by atoms with E-state index in [1.165, 1.54) is 12.1 Å². The number of amides is 1. The molecule has 1 atom stereocenters. The molecular weight excluding hydrogens is 457 g/mol. The van der Waals surface area contributed by atoms with E-state index in [2.05, 4.69) is 20.1 Å². The number of nitrogens with one attached hydrogen (secondary N) is 1. The van der Waals surface area contributed by atoms with Gasteiger partial charge in [-0.1, -0.05) is 29.8 Å². The van der Waals surface area contributed by atoms with Crippen molar-refractivity contribution < 1.29 is 13.9 Å². The van der Waals surface area contributed by atoms with Crippen molar-refractivity contribution in [3.8, 4) is 11.5 Å². The largest absolute Gasteiger partial charge is 0.453 e. The van der Waals surface area contributed by atoms with E-state index < -0.39 is 0 Å². The molecule has 174 valence electrons. The number of carbonyl (C=O) groups excluding carboxylic acids is 1. The molecule has 1 fully saturated rings. The van der Waals surface area contributed by atoms with Crippen LogP contribution < -0.4 is 9.64 Å². The first-order valence-electron chi connectivity index (χ1n) is 11.0. The Morgan fingerprint density at radius 3 is 2.62 bits per heavy atom. The summed E-state index contributed by atoms with van der Waals surface area (Å²) in [4.78, 5) is 21.6. The van der Waals surface area contributed by atoms with Crippen LogP contribution in [-0.4, -0.2) is 52.2 Å². The molecule has 2 aromatic heterocycles. The number of hydrogen-bond donors (Lipinski definition) is 1. The molecule has 7 nitrogen and oxygen atoms in total. The SMILES string of the molecule is C[C@H](C(=O)N1CCN(c2c(Oc3cccc(F)c3)cnc3[nH]ncc23)CC1)c1ccc(Cl)cc1. The summed E-state index contributed by atoms with van der Waals surface area (Å²) in [7, 11) is 0. The Bertz CT molecular complexity index is 1320. The van der Waals surface area contributed by atoms with Crippen LogP contribution in [0.25, 0.3) is 11.0 Å². The topological polar surface area (TPSA) is 74.3 Å². The van der Waals surface area contributed by atoms with Crippen molar-refractivity contribution in [2.45, 2.75) is 12.8 Å². The van der Waals surface area contributed by atoms with Crippen molar-refractivity contribution in [1.82, 2.24) is 20.1 Å². The van der Waals surface area contributed by atoms with Gasteiger partial charge in [-0.15, -0.1) is 0 Å². The predicted octanol–water partition coefficient (Wildman–Crippen LogP) is 5.00. The Labute approximate surface area is 201 Å². The molecule has 4 aromatic rings. The summed E-state index contributed by atoms with van der Waals surface area (Å²) in [5.41, 5.74) is 2.40. The Balaban J connectivity index is 1.35. The molecule has 9 heteroatoms. The highest BCUT2D eigenvalue weighted by Crippen LogP contribution is 2.38. The third-order valence-electron chi connectivity index (χ3n) is 6.09. The van der Waals surface area contributed by atoms with Gasteiger partial charge in [0.15, 0.2) is 11.4 Å². The first-order valence-corrected chi connectivity index (χ1v) is 11.4. The maximum absolute atomic E-state index is 13.7. The van der Waals surface area contributed by atoms with Gasteiger partial charge in [0.1, 0.15) is 11.6 Å². The minimum Gasteiger partial charge on any atom is -0.453 e. The zero-order valence-electron chi connectivity index (χ0n) is 18.5. The van der Waals surface area contributed by atoms with Crippen molar-refractivity contribution in [3.05, 3.63) is 77.3 Å². The number of benzene rings is 2. The summed E-state index contributed by atoms with van der Waals surface area (Å²) in [5.74, 6) is 0.349. The van der Waals surface area contributed by atoms with Crippen molar-refractivity contribution in [1.29, 1.82) is 0 Å². The molecule has 1 N–H and O–H groups in total. The second-order valence-corrected chi connectivity index (χ2v) is 8.68. The zero-order valence-corrected chi connectivity index (χ0v) is 19.3. The van der Waals surface area contributed by atoms with E-state index in [0.717, 1.165) is 16.6 Å². The molecule has 1 aliphatic heterocycles. The molecule has 1 aliphatic rings. The highest BCUT2D eigenvalue weighted by Gasteiger charge is 2.28. The Kier molecular flexibility index (Phi) is 6.06. The van der Waals surface area contributed by atoms with E-state index in [4.69, 9.17) is 16.3 Å². The summed E-state index contributed by atoms with van der Waals surface area (Å²) in [6.45, 7) is 4.28. The van der Waals surface area contributed by atoms with E-state index in [-0.39, 0.29) is 17.6 Å². The van der Waals surface area contributed by atoms with Gasteiger partial charge >= 0.3 is 0 Å². The Hall–Kier alpha value is -3.65. The van der Waals surface area contributed by atoms with Crippen molar-refractivity contribution in [2.24, 2.45) is 0 Å². The van der Waals surface area contributed by atoms with Gasteiger partial charge in [0.25, 0.3) is 0 Å². The van der Waals surface area contributed by atoms with Crippen LogP contribution in [0.2, 0.25) is 5.02 Å². The molecule has 0 unspecified atom stereocenters. The third-order valence-corrected chi connectivity index (χ3v) is 6.34. The van der Waals surface area contributed by atoms with Crippen molar-refractivity contribution >= 4 is 34.2 Å². The van der Waals surface area contributed by atoms with Crippen LogP contribution in [0.15, 0.2) is 60.9 Å². The number of hydrogen-bond acceptors (Lipinski definition) is 5. The summed E-state index contributed by atoms with van der Waals surface area (Å²) in [5, 5.41) is 8.47. The van der Waals surface area contributed by atoms with Crippen LogP contribution in [0.4, 0.5) is 10.1 Å². The lowest BCUT2D eigenvalue weighted by Crippen LogP contribution is -2.50. The number of piperazine rings is 1. The smallest absolute Gasteiger partial charge is 0.229 e. The lowest BCUT2D eigenvalue weighted by atomic mass is 9.99. The number of pyridine rings is 1. The van der Waals surface area contributed by atoms with E-state index in [1.54, 1.807) is 36.7 Å². The van der Waals surface area contributed by atoms with Crippen LogP contribution in [0, 0.1) is 5.82 Å². The predicted molar refractivity (Wildman–Crippen MR) is 129 cm³/mol. The molecule has 1 saturated heterocycles. The number of H-pyrrole nitrogens is 1. The van der Waals surface area contributed by atoms with Gasteiger partial charge in [0, 0.05) is 37.3 Å². The number of nitrogens with zero attached hydrogens (tertiary/aromatic N) is 4. The van der Waals surface area contributed by atoms with Crippen molar-refractivity contribution in [3.63, 3.8) is 0 Å². The fourth-order valence-electron chi connectivity index (χ4n) is 4.24. The van der Waals surface area contributed by atoms with Crippen LogP contribution in [0.5, 0.6) is 11.5 Å². The number of aromatic nitrogens is 3. The lowest BCUT2D eigenvalue weighted by Gasteiger charge is -2.37. The second kappa shape index (κ2) is 9.30. The van der Waals surface area contributed by atoms with Gasteiger partial charge in [-0.05, 0) is 36.8 Å². The minimum atomic E-state index is -0.377. The van der Waals surface area contributed by atoms with Gasteiger partial charge in [-0.3, -0.25) is 9.89 Å². The summed E-state index contributed by atoms with van der Waals surface area (Å²) in [6.07, 6.45) is 3.32. The monoisotopic (exact) mass is 479 g/mol. The number of fused-ring (bicyclic) bond motifs is 1. The minimum absolute atomic E-state index is 0.0846. The normalized spacial score (nSPS) is 14.9. The molecule has 0 saturated carbocycles. The molecule has 0 aliphatic carbocycles. The number of carbonyl (C=O) groups is 1. The molecule has 34 heavy (non-hydrogen) atoms. The second-order valence-electron chi connectivity index (χ2n) is 8.25. The summed E-state index contributed by atoms with van der Waals surface area (Å²) in [6, 6.07) is 13.4. The molecule has 0 spiro atoms. The number of rotatable bonds is 5. The molecule has 0 bridgehead atoms. The van der Waals surface area contributed by atoms with Gasteiger partial charge in [0.05, 0.1) is 29.4 Å². The lowest BCUT2D eigenvalue weighted by molar-refractivity contribution is -0.132. The standard InChI is InChI=1S/C25H23ClFN5O2/c1-16(17-5-7-18(26)8-6-17)25(33)32-11-9-31(10-12-32)23-21-14-29-30-24(21)28-15-22(23)34-20-4-2-3-19(27)13-20/h2-8,13-16H,9-12H2,1H3,(H,28,29,30)/t16-/m0/s1. The van der Waals surface area contributed by atoms with E-state index in [9.17, 15) is 9.18 Å². The molecular formula is C25H23ClFN5O2. The number of ether oxygens (including phenoxy) is 1. The maximum atomic E-state index is 13.7. The van der Waals surface area contributed by atoms with Gasteiger partial charge < -0.3 is 14.5 Å². The van der Waals surface area contributed by atoms with Crippen molar-refractivity contribution in [2.75, 3.05) is 31.1 Å². The first kappa shape index (κ1) is 22.2. The number of halogens is 2. The highest BCUT2D eigenvalue weighted by atomic mass is 35.5.